The van der Waals surface area contributed by atoms with E-state index in [1.165, 1.54) is 6.26 Å². The van der Waals surface area contributed by atoms with Crippen LogP contribution in [0.25, 0.3) is 0 Å². The van der Waals surface area contributed by atoms with E-state index in [0.29, 0.717) is 17.9 Å². The number of hydrogen-bond donors (Lipinski definition) is 0. The van der Waals surface area contributed by atoms with Gasteiger partial charge in [0.2, 0.25) is 0 Å². The third kappa shape index (κ3) is 3.02. The van der Waals surface area contributed by atoms with Crippen molar-refractivity contribution < 1.29 is 9.21 Å². The molecule has 0 bridgehead atoms. The molecule has 0 fully saturated rings. The third-order valence-electron chi connectivity index (χ3n) is 2.59. The molecule has 0 spiro atoms. The van der Waals surface area contributed by atoms with E-state index in [4.69, 9.17) is 4.42 Å². The van der Waals surface area contributed by atoms with Crippen LogP contribution < -0.4 is 0 Å². The zero-order chi connectivity index (χ0) is 10.4. The monoisotopic (exact) mass is 194 g/mol. The molecular formula is C12H18O2. The van der Waals surface area contributed by atoms with E-state index in [1.54, 1.807) is 12.3 Å². The van der Waals surface area contributed by atoms with Gasteiger partial charge in [-0.25, -0.2) is 0 Å². The van der Waals surface area contributed by atoms with Gasteiger partial charge < -0.3 is 4.42 Å². The summed E-state index contributed by atoms with van der Waals surface area (Å²) in [5.41, 5.74) is 0.708. The molecule has 0 aliphatic rings. The maximum absolute atomic E-state index is 11.7. The molecule has 0 aromatic carbocycles. The van der Waals surface area contributed by atoms with Crippen molar-refractivity contribution in [2.45, 2.75) is 39.5 Å². The van der Waals surface area contributed by atoms with Crippen molar-refractivity contribution in [2.75, 3.05) is 0 Å². The van der Waals surface area contributed by atoms with Crippen molar-refractivity contribution in [1.29, 1.82) is 0 Å². The van der Waals surface area contributed by atoms with Crippen molar-refractivity contribution in [3.05, 3.63) is 24.2 Å². The Morgan fingerprint density at radius 2 is 2.29 bits per heavy atom. The fourth-order valence-corrected chi connectivity index (χ4v) is 1.66. The molecular weight excluding hydrogens is 176 g/mol. The normalized spacial score (nSPS) is 12.7. The first-order chi connectivity index (χ1) is 6.77. The summed E-state index contributed by atoms with van der Waals surface area (Å²) >= 11 is 0. The number of rotatable bonds is 6. The standard InChI is InChI=1S/C12H18O2/c1-3-5-10(4-2)8-12(13)11-6-7-14-9-11/h6-7,9-10H,3-5,8H2,1-2H3. The summed E-state index contributed by atoms with van der Waals surface area (Å²) < 4.78 is 4.89. The minimum atomic E-state index is 0.207. The van der Waals surface area contributed by atoms with E-state index < -0.39 is 0 Å². The van der Waals surface area contributed by atoms with Gasteiger partial charge in [-0.15, -0.1) is 0 Å². The minimum absolute atomic E-state index is 0.207. The van der Waals surface area contributed by atoms with Crippen molar-refractivity contribution in [3.8, 4) is 0 Å². The molecule has 78 valence electrons. The molecule has 0 saturated heterocycles. The average Bonchev–Trinajstić information content (AvgIpc) is 2.69. The number of carbonyl (C=O) groups excluding carboxylic acids is 1. The van der Waals surface area contributed by atoms with E-state index in [-0.39, 0.29) is 5.78 Å². The van der Waals surface area contributed by atoms with Crippen molar-refractivity contribution in [2.24, 2.45) is 5.92 Å². The van der Waals surface area contributed by atoms with E-state index in [1.807, 2.05) is 0 Å². The van der Waals surface area contributed by atoms with Gasteiger partial charge in [0.25, 0.3) is 0 Å². The molecule has 2 nitrogen and oxygen atoms in total. The van der Waals surface area contributed by atoms with Crippen LogP contribution in [0.5, 0.6) is 0 Å². The van der Waals surface area contributed by atoms with Gasteiger partial charge in [-0.2, -0.15) is 0 Å². The Kier molecular flexibility index (Phi) is 4.44. The van der Waals surface area contributed by atoms with Gasteiger partial charge in [0.15, 0.2) is 5.78 Å². The molecule has 1 aromatic rings. The first-order valence-electron chi connectivity index (χ1n) is 5.33. The Hall–Kier alpha value is -1.05. The first kappa shape index (κ1) is 11.0. The van der Waals surface area contributed by atoms with E-state index in [2.05, 4.69) is 13.8 Å². The predicted octanol–water partition coefficient (Wildman–Crippen LogP) is 3.68. The van der Waals surface area contributed by atoms with Gasteiger partial charge in [-0.1, -0.05) is 33.1 Å². The molecule has 0 radical (unpaired) electrons. The molecule has 1 heterocycles. The molecule has 0 amide bonds. The summed E-state index contributed by atoms with van der Waals surface area (Å²) in [6.45, 7) is 4.30. The number of ketones is 1. The fraction of sp³-hybridized carbons (Fsp3) is 0.583. The van der Waals surface area contributed by atoms with Crippen LogP contribution in [0.4, 0.5) is 0 Å². The summed E-state index contributed by atoms with van der Waals surface area (Å²) in [6, 6.07) is 1.74. The lowest BCUT2D eigenvalue weighted by Crippen LogP contribution is -2.07. The summed E-state index contributed by atoms with van der Waals surface area (Å²) in [5.74, 6) is 0.737. The molecule has 0 aliphatic carbocycles. The number of Topliss-reactive ketones (excluding diaryl/α,β-unsaturated/α-hetero) is 1. The highest BCUT2D eigenvalue weighted by Crippen LogP contribution is 2.18. The predicted molar refractivity (Wildman–Crippen MR) is 56.3 cm³/mol. The maximum atomic E-state index is 11.7. The second kappa shape index (κ2) is 5.63. The van der Waals surface area contributed by atoms with Crippen LogP contribution in [0.3, 0.4) is 0 Å². The highest BCUT2D eigenvalue weighted by molar-refractivity contribution is 5.95. The summed E-state index contributed by atoms with van der Waals surface area (Å²) in [6.07, 6.45) is 7.10. The van der Waals surface area contributed by atoms with E-state index in [9.17, 15) is 4.79 Å². The Morgan fingerprint density at radius 1 is 1.50 bits per heavy atom. The summed E-state index contributed by atoms with van der Waals surface area (Å²) in [5, 5.41) is 0. The lowest BCUT2D eigenvalue weighted by atomic mass is 9.93. The van der Waals surface area contributed by atoms with Crippen molar-refractivity contribution >= 4 is 5.78 Å². The fourth-order valence-electron chi connectivity index (χ4n) is 1.66. The van der Waals surface area contributed by atoms with Crippen LogP contribution in [-0.4, -0.2) is 5.78 Å². The molecule has 1 rings (SSSR count). The summed E-state index contributed by atoms with van der Waals surface area (Å²) in [4.78, 5) is 11.7. The second-order valence-electron chi connectivity index (χ2n) is 3.70. The Morgan fingerprint density at radius 3 is 2.79 bits per heavy atom. The van der Waals surface area contributed by atoms with Crippen LogP contribution in [0, 0.1) is 5.92 Å². The lowest BCUT2D eigenvalue weighted by molar-refractivity contribution is 0.0957. The molecule has 0 N–H and O–H groups in total. The van der Waals surface area contributed by atoms with Crippen LogP contribution in [-0.2, 0) is 0 Å². The Balaban J connectivity index is 2.47. The zero-order valence-corrected chi connectivity index (χ0v) is 8.95. The molecule has 2 heteroatoms. The molecule has 1 aromatic heterocycles. The van der Waals surface area contributed by atoms with Gasteiger partial charge in [0.1, 0.15) is 6.26 Å². The number of hydrogen-bond acceptors (Lipinski definition) is 2. The maximum Gasteiger partial charge on any atom is 0.166 e. The van der Waals surface area contributed by atoms with Gasteiger partial charge >= 0.3 is 0 Å². The van der Waals surface area contributed by atoms with Crippen LogP contribution in [0.2, 0.25) is 0 Å². The molecule has 0 aliphatic heterocycles. The number of carbonyl (C=O) groups is 1. The Bertz CT molecular complexity index is 262. The minimum Gasteiger partial charge on any atom is -0.472 e. The third-order valence-corrected chi connectivity index (χ3v) is 2.59. The molecule has 1 atom stereocenters. The van der Waals surface area contributed by atoms with Crippen molar-refractivity contribution in [3.63, 3.8) is 0 Å². The highest BCUT2D eigenvalue weighted by atomic mass is 16.3. The Labute approximate surface area is 85.3 Å². The largest absolute Gasteiger partial charge is 0.472 e. The van der Waals surface area contributed by atoms with Gasteiger partial charge in [-0.3, -0.25) is 4.79 Å². The summed E-state index contributed by atoms with van der Waals surface area (Å²) in [7, 11) is 0. The topological polar surface area (TPSA) is 30.2 Å². The average molecular weight is 194 g/mol. The van der Waals surface area contributed by atoms with Crippen LogP contribution >= 0.6 is 0 Å². The second-order valence-corrected chi connectivity index (χ2v) is 3.70. The van der Waals surface area contributed by atoms with Gasteiger partial charge in [-0.05, 0) is 12.0 Å². The molecule has 14 heavy (non-hydrogen) atoms. The number of furan rings is 1. The van der Waals surface area contributed by atoms with E-state index >= 15 is 0 Å². The first-order valence-corrected chi connectivity index (χ1v) is 5.33. The van der Waals surface area contributed by atoms with Gasteiger partial charge in [0, 0.05) is 6.42 Å². The van der Waals surface area contributed by atoms with E-state index in [0.717, 1.165) is 19.3 Å². The smallest absolute Gasteiger partial charge is 0.166 e. The zero-order valence-electron chi connectivity index (χ0n) is 8.95. The molecule has 0 saturated carbocycles. The lowest BCUT2D eigenvalue weighted by Gasteiger charge is -2.11. The quantitative estimate of drug-likeness (QED) is 0.647. The van der Waals surface area contributed by atoms with Crippen molar-refractivity contribution in [1.82, 2.24) is 0 Å². The molecule has 1 unspecified atom stereocenters. The van der Waals surface area contributed by atoms with Crippen LogP contribution in [0.1, 0.15) is 49.9 Å². The highest BCUT2D eigenvalue weighted by Gasteiger charge is 2.13. The SMILES string of the molecule is CCCC(CC)CC(=O)c1ccoc1. The van der Waals surface area contributed by atoms with Crippen LogP contribution in [0.15, 0.2) is 23.0 Å². The van der Waals surface area contributed by atoms with Gasteiger partial charge in [0.05, 0.1) is 11.8 Å².